The molecule has 0 saturated carbocycles. The summed E-state index contributed by atoms with van der Waals surface area (Å²) in [5.74, 6) is 0.264. The first kappa shape index (κ1) is 11.1. The van der Waals surface area contributed by atoms with Crippen molar-refractivity contribution >= 4 is 11.6 Å². The predicted octanol–water partition coefficient (Wildman–Crippen LogP) is 3.12. The molecule has 1 aliphatic rings. The third-order valence-electron chi connectivity index (χ3n) is 3.39. The van der Waals surface area contributed by atoms with Crippen LogP contribution in [-0.2, 0) is 0 Å². The summed E-state index contributed by atoms with van der Waals surface area (Å²) in [7, 11) is 0. The number of carbonyl (C=O) groups excluding carboxylic acids is 2. The smallest absolute Gasteiger partial charge is 0.166 e. The van der Waals surface area contributed by atoms with E-state index >= 15 is 0 Å². The molecule has 2 atom stereocenters. The second-order valence-corrected chi connectivity index (χ2v) is 4.65. The van der Waals surface area contributed by atoms with Crippen molar-refractivity contribution in [3.8, 4) is 0 Å². The number of carbonyl (C=O) groups is 2. The van der Waals surface area contributed by atoms with Crippen LogP contribution >= 0.6 is 0 Å². The number of benzene rings is 1. The zero-order chi connectivity index (χ0) is 11.7. The SMILES string of the molecule is C[C@@H]1CC[C@H](C)C(=O)c2ccccc2C1=O. The maximum atomic E-state index is 12.1. The van der Waals surface area contributed by atoms with Crippen LogP contribution in [0.2, 0.25) is 0 Å². The highest BCUT2D eigenvalue weighted by Gasteiger charge is 2.27. The molecule has 2 rings (SSSR count). The number of rotatable bonds is 0. The van der Waals surface area contributed by atoms with E-state index in [9.17, 15) is 9.59 Å². The molecule has 0 unspecified atom stereocenters. The summed E-state index contributed by atoms with van der Waals surface area (Å²) in [5.41, 5.74) is 1.21. The minimum absolute atomic E-state index is 0.0247. The van der Waals surface area contributed by atoms with Gasteiger partial charge in [-0.1, -0.05) is 38.1 Å². The van der Waals surface area contributed by atoms with Gasteiger partial charge in [0.25, 0.3) is 0 Å². The molecule has 0 fully saturated rings. The molecule has 1 aliphatic carbocycles. The van der Waals surface area contributed by atoms with Crippen LogP contribution in [-0.4, -0.2) is 11.6 Å². The first-order valence-electron chi connectivity index (χ1n) is 5.78. The Morgan fingerprint density at radius 3 is 1.62 bits per heavy atom. The zero-order valence-corrected chi connectivity index (χ0v) is 9.69. The first-order valence-corrected chi connectivity index (χ1v) is 5.78. The van der Waals surface area contributed by atoms with Crippen LogP contribution in [0.4, 0.5) is 0 Å². The molecule has 0 aromatic heterocycles. The third-order valence-corrected chi connectivity index (χ3v) is 3.39. The summed E-state index contributed by atoms with van der Waals surface area (Å²) < 4.78 is 0. The van der Waals surface area contributed by atoms with E-state index in [2.05, 4.69) is 0 Å². The highest BCUT2D eigenvalue weighted by molar-refractivity contribution is 6.10. The van der Waals surface area contributed by atoms with E-state index in [0.29, 0.717) is 11.1 Å². The normalized spacial score (nSPS) is 25.9. The molecule has 1 aromatic rings. The van der Waals surface area contributed by atoms with E-state index in [1.165, 1.54) is 0 Å². The molecule has 0 spiro atoms. The van der Waals surface area contributed by atoms with E-state index in [1.54, 1.807) is 12.1 Å². The zero-order valence-electron chi connectivity index (χ0n) is 9.69. The van der Waals surface area contributed by atoms with E-state index < -0.39 is 0 Å². The number of hydrogen-bond donors (Lipinski definition) is 0. The van der Waals surface area contributed by atoms with Crippen molar-refractivity contribution < 1.29 is 9.59 Å². The van der Waals surface area contributed by atoms with Crippen molar-refractivity contribution in [1.82, 2.24) is 0 Å². The van der Waals surface area contributed by atoms with Crippen LogP contribution < -0.4 is 0 Å². The fraction of sp³-hybridized carbons (Fsp3) is 0.429. The van der Waals surface area contributed by atoms with E-state index in [-0.39, 0.29) is 23.4 Å². The molecule has 2 heteroatoms. The largest absolute Gasteiger partial charge is 0.294 e. The lowest BCUT2D eigenvalue weighted by Crippen LogP contribution is -2.23. The third kappa shape index (κ3) is 1.80. The molecular weight excluding hydrogens is 200 g/mol. The maximum absolute atomic E-state index is 12.1. The fourth-order valence-electron chi connectivity index (χ4n) is 2.21. The molecule has 0 saturated heterocycles. The van der Waals surface area contributed by atoms with Gasteiger partial charge in [0.05, 0.1) is 0 Å². The molecule has 0 radical (unpaired) electrons. The molecule has 16 heavy (non-hydrogen) atoms. The molecule has 2 nitrogen and oxygen atoms in total. The second kappa shape index (κ2) is 4.20. The number of hydrogen-bond acceptors (Lipinski definition) is 2. The minimum Gasteiger partial charge on any atom is -0.294 e. The molecular formula is C14H16O2. The quantitative estimate of drug-likeness (QED) is 0.667. The summed E-state index contributed by atoms with van der Waals surface area (Å²) in [5, 5.41) is 0. The van der Waals surface area contributed by atoms with Crippen LogP contribution in [0.3, 0.4) is 0 Å². The van der Waals surface area contributed by atoms with Crippen LogP contribution in [0.15, 0.2) is 24.3 Å². The monoisotopic (exact) mass is 216 g/mol. The van der Waals surface area contributed by atoms with Gasteiger partial charge in [-0.05, 0) is 12.8 Å². The molecule has 0 heterocycles. The van der Waals surface area contributed by atoms with Crippen molar-refractivity contribution in [2.45, 2.75) is 26.7 Å². The van der Waals surface area contributed by atoms with Gasteiger partial charge >= 0.3 is 0 Å². The molecule has 84 valence electrons. The molecule has 0 aliphatic heterocycles. The summed E-state index contributed by atoms with van der Waals surface area (Å²) in [6.45, 7) is 3.89. The van der Waals surface area contributed by atoms with Gasteiger partial charge in [0, 0.05) is 23.0 Å². The van der Waals surface area contributed by atoms with Crippen molar-refractivity contribution in [3.05, 3.63) is 35.4 Å². The molecule has 1 aromatic carbocycles. The Kier molecular flexibility index (Phi) is 2.90. The van der Waals surface area contributed by atoms with E-state index in [4.69, 9.17) is 0 Å². The standard InChI is InChI=1S/C14H16O2/c1-9-7-8-10(2)14(16)12-6-4-3-5-11(12)13(9)15/h3-6,9-10H,7-8H2,1-2H3/t9-,10+. The van der Waals surface area contributed by atoms with Gasteiger partial charge in [-0.15, -0.1) is 0 Å². The molecule has 0 amide bonds. The number of Topliss-reactive ketones (excluding diaryl/α,β-unsaturated/α-hetero) is 2. The fourth-order valence-corrected chi connectivity index (χ4v) is 2.21. The summed E-state index contributed by atoms with van der Waals surface area (Å²) in [6.07, 6.45) is 1.61. The van der Waals surface area contributed by atoms with Gasteiger partial charge in [-0.25, -0.2) is 0 Å². The van der Waals surface area contributed by atoms with Crippen molar-refractivity contribution in [1.29, 1.82) is 0 Å². The Morgan fingerprint density at radius 2 is 1.25 bits per heavy atom. The Bertz CT molecular complexity index is 393. The average molecular weight is 216 g/mol. The Balaban J connectivity index is 2.54. The van der Waals surface area contributed by atoms with Crippen molar-refractivity contribution in [3.63, 3.8) is 0 Å². The lowest BCUT2D eigenvalue weighted by Gasteiger charge is -2.20. The number of ketones is 2. The van der Waals surface area contributed by atoms with Gasteiger partial charge in [-0.2, -0.15) is 0 Å². The van der Waals surface area contributed by atoms with E-state index in [1.807, 2.05) is 26.0 Å². The van der Waals surface area contributed by atoms with Gasteiger partial charge in [-0.3, -0.25) is 9.59 Å². The second-order valence-electron chi connectivity index (χ2n) is 4.65. The van der Waals surface area contributed by atoms with Gasteiger partial charge in [0.2, 0.25) is 0 Å². The highest BCUT2D eigenvalue weighted by Crippen LogP contribution is 2.26. The average Bonchev–Trinajstić information content (AvgIpc) is 2.32. The van der Waals surface area contributed by atoms with Crippen LogP contribution in [0, 0.1) is 11.8 Å². The van der Waals surface area contributed by atoms with Gasteiger partial charge in [0.1, 0.15) is 0 Å². The molecule has 0 bridgehead atoms. The Morgan fingerprint density at radius 1 is 0.875 bits per heavy atom. The highest BCUT2D eigenvalue weighted by atomic mass is 16.1. The minimum atomic E-state index is 0.0247. The topological polar surface area (TPSA) is 34.1 Å². The Hall–Kier alpha value is -1.44. The van der Waals surface area contributed by atoms with Crippen LogP contribution in [0.1, 0.15) is 47.4 Å². The predicted molar refractivity (Wildman–Crippen MR) is 62.7 cm³/mol. The number of fused-ring (bicyclic) bond motifs is 1. The van der Waals surface area contributed by atoms with Crippen LogP contribution in [0.5, 0.6) is 0 Å². The van der Waals surface area contributed by atoms with E-state index in [0.717, 1.165) is 12.8 Å². The van der Waals surface area contributed by atoms with Crippen molar-refractivity contribution in [2.24, 2.45) is 11.8 Å². The summed E-state index contributed by atoms with van der Waals surface area (Å²) in [4.78, 5) is 24.2. The first-order chi connectivity index (χ1) is 7.61. The Labute approximate surface area is 95.7 Å². The lowest BCUT2D eigenvalue weighted by molar-refractivity contribution is 0.0854. The maximum Gasteiger partial charge on any atom is 0.166 e. The summed E-state index contributed by atoms with van der Waals surface area (Å²) in [6, 6.07) is 7.18. The van der Waals surface area contributed by atoms with Gasteiger partial charge in [0.15, 0.2) is 11.6 Å². The van der Waals surface area contributed by atoms with Crippen LogP contribution in [0.25, 0.3) is 0 Å². The lowest BCUT2D eigenvalue weighted by atomic mass is 9.82. The summed E-state index contributed by atoms with van der Waals surface area (Å²) >= 11 is 0. The van der Waals surface area contributed by atoms with Crippen molar-refractivity contribution in [2.75, 3.05) is 0 Å². The molecule has 0 N–H and O–H groups in total. The van der Waals surface area contributed by atoms with Gasteiger partial charge < -0.3 is 0 Å².